The van der Waals surface area contributed by atoms with Crippen LogP contribution in [0.3, 0.4) is 0 Å². The second-order valence-electron chi connectivity index (χ2n) is 6.37. The molecule has 0 aromatic heterocycles. The van der Waals surface area contributed by atoms with Gasteiger partial charge in [-0.3, -0.25) is 4.79 Å². The molecule has 24 heavy (non-hydrogen) atoms. The fourth-order valence-electron chi connectivity index (χ4n) is 2.32. The van der Waals surface area contributed by atoms with Crippen molar-refractivity contribution in [1.29, 1.82) is 0 Å². The van der Waals surface area contributed by atoms with E-state index in [1.54, 1.807) is 27.7 Å². The summed E-state index contributed by atoms with van der Waals surface area (Å²) in [4.78, 5) is 48.1. The lowest BCUT2D eigenvalue weighted by molar-refractivity contribution is -0.151. The van der Waals surface area contributed by atoms with Crippen molar-refractivity contribution in [3.05, 3.63) is 12.2 Å². The standard InChI is InChI=1S/C16H23NO7/c1-5-23-14(21)11-9-10(7-6-8-12(18)19)13(20)17(11)15(22)24-16(2,3)4/h6,8,10-11H,5,7,9H2,1-4H3,(H,18,19)/t10?,11-/m0/s1. The Labute approximate surface area is 140 Å². The summed E-state index contributed by atoms with van der Waals surface area (Å²) in [6, 6.07) is -1.06. The van der Waals surface area contributed by atoms with Crippen LogP contribution in [0.4, 0.5) is 4.79 Å². The minimum Gasteiger partial charge on any atom is -0.478 e. The fraction of sp³-hybridized carbons (Fsp3) is 0.625. The summed E-state index contributed by atoms with van der Waals surface area (Å²) >= 11 is 0. The van der Waals surface area contributed by atoms with Gasteiger partial charge in [0.25, 0.3) is 0 Å². The number of esters is 1. The van der Waals surface area contributed by atoms with Crippen LogP contribution in [0.5, 0.6) is 0 Å². The lowest BCUT2D eigenvalue weighted by Crippen LogP contribution is -2.46. The molecule has 0 aliphatic carbocycles. The van der Waals surface area contributed by atoms with Gasteiger partial charge in [0.05, 0.1) is 6.61 Å². The number of nitrogens with zero attached hydrogens (tertiary/aromatic N) is 1. The number of carbonyl (C=O) groups excluding carboxylic acids is 3. The summed E-state index contributed by atoms with van der Waals surface area (Å²) in [6.45, 7) is 6.70. The minimum atomic E-state index is -1.13. The van der Waals surface area contributed by atoms with Crippen LogP contribution in [0.1, 0.15) is 40.5 Å². The quantitative estimate of drug-likeness (QED) is 0.599. The third kappa shape index (κ3) is 5.36. The molecule has 1 aliphatic heterocycles. The Kier molecular flexibility index (Phi) is 6.51. The molecule has 1 rings (SSSR count). The van der Waals surface area contributed by atoms with Crippen LogP contribution in [0.25, 0.3) is 0 Å². The normalized spacial score (nSPS) is 21.2. The van der Waals surface area contributed by atoms with Crippen molar-refractivity contribution in [2.75, 3.05) is 6.61 Å². The molecule has 1 fully saturated rings. The minimum absolute atomic E-state index is 0.0703. The number of carboxylic acids is 1. The first-order chi connectivity index (χ1) is 11.1. The molecule has 0 bridgehead atoms. The van der Waals surface area contributed by atoms with E-state index >= 15 is 0 Å². The van der Waals surface area contributed by atoms with E-state index in [0.29, 0.717) is 0 Å². The number of hydrogen-bond donors (Lipinski definition) is 1. The van der Waals surface area contributed by atoms with Crippen molar-refractivity contribution < 1.29 is 33.8 Å². The van der Waals surface area contributed by atoms with Crippen LogP contribution in [-0.2, 0) is 23.9 Å². The van der Waals surface area contributed by atoms with Crippen molar-refractivity contribution in [2.45, 2.75) is 52.2 Å². The van der Waals surface area contributed by atoms with Crippen LogP contribution < -0.4 is 0 Å². The topological polar surface area (TPSA) is 110 Å². The third-order valence-electron chi connectivity index (χ3n) is 3.24. The average Bonchev–Trinajstić information content (AvgIpc) is 2.74. The zero-order chi connectivity index (χ0) is 18.5. The maximum Gasteiger partial charge on any atom is 0.417 e. The number of rotatable bonds is 5. The van der Waals surface area contributed by atoms with E-state index in [2.05, 4.69) is 0 Å². The molecule has 1 N–H and O–H groups in total. The highest BCUT2D eigenvalue weighted by Crippen LogP contribution is 2.30. The SMILES string of the molecule is CCOC(=O)[C@@H]1CC(CC=CC(=O)O)C(=O)N1C(=O)OC(C)(C)C. The van der Waals surface area contributed by atoms with E-state index in [9.17, 15) is 19.2 Å². The lowest BCUT2D eigenvalue weighted by Gasteiger charge is -2.26. The van der Waals surface area contributed by atoms with Crippen molar-refractivity contribution in [3.8, 4) is 0 Å². The van der Waals surface area contributed by atoms with Crippen LogP contribution in [-0.4, -0.2) is 52.2 Å². The summed E-state index contributed by atoms with van der Waals surface area (Å²) in [5.41, 5.74) is -0.822. The van der Waals surface area contributed by atoms with Gasteiger partial charge in [0.1, 0.15) is 11.6 Å². The molecule has 2 atom stereocenters. The van der Waals surface area contributed by atoms with Gasteiger partial charge < -0.3 is 14.6 Å². The lowest BCUT2D eigenvalue weighted by atomic mass is 10.0. The monoisotopic (exact) mass is 341 g/mol. The average molecular weight is 341 g/mol. The molecular weight excluding hydrogens is 318 g/mol. The first-order valence-corrected chi connectivity index (χ1v) is 7.69. The van der Waals surface area contributed by atoms with Crippen molar-refractivity contribution in [1.82, 2.24) is 4.90 Å². The van der Waals surface area contributed by atoms with Gasteiger partial charge >= 0.3 is 18.0 Å². The fourth-order valence-corrected chi connectivity index (χ4v) is 2.32. The molecule has 0 spiro atoms. The molecule has 1 unspecified atom stereocenters. The van der Waals surface area contributed by atoms with Gasteiger partial charge in [0.15, 0.2) is 0 Å². The molecule has 1 heterocycles. The largest absolute Gasteiger partial charge is 0.478 e. The Morgan fingerprint density at radius 2 is 1.96 bits per heavy atom. The molecule has 1 saturated heterocycles. The highest BCUT2D eigenvalue weighted by molar-refractivity contribution is 6.00. The van der Waals surface area contributed by atoms with E-state index in [-0.39, 0.29) is 19.4 Å². The Morgan fingerprint density at radius 1 is 1.33 bits per heavy atom. The number of amides is 2. The van der Waals surface area contributed by atoms with E-state index in [1.165, 1.54) is 6.08 Å². The van der Waals surface area contributed by atoms with Gasteiger partial charge in [0, 0.05) is 12.0 Å². The Bertz CT molecular complexity index is 547. The maximum atomic E-state index is 12.5. The third-order valence-corrected chi connectivity index (χ3v) is 3.24. The molecular formula is C16H23NO7. The summed E-state index contributed by atoms with van der Waals surface area (Å²) in [5.74, 6) is -3.06. The van der Waals surface area contributed by atoms with Crippen molar-refractivity contribution >= 4 is 23.9 Å². The predicted molar refractivity (Wildman–Crippen MR) is 83.0 cm³/mol. The number of aliphatic carboxylic acids is 1. The van der Waals surface area contributed by atoms with Crippen LogP contribution >= 0.6 is 0 Å². The number of hydrogen-bond acceptors (Lipinski definition) is 6. The Hall–Kier alpha value is -2.38. The van der Waals surface area contributed by atoms with E-state index in [4.69, 9.17) is 14.6 Å². The zero-order valence-corrected chi connectivity index (χ0v) is 14.3. The summed E-state index contributed by atoms with van der Waals surface area (Å²) in [7, 11) is 0. The molecule has 0 saturated carbocycles. The molecule has 8 heteroatoms. The number of carbonyl (C=O) groups is 4. The molecule has 0 radical (unpaired) electrons. The van der Waals surface area contributed by atoms with Gasteiger partial charge in [-0.2, -0.15) is 0 Å². The molecule has 0 aromatic carbocycles. The molecule has 0 aromatic rings. The highest BCUT2D eigenvalue weighted by atomic mass is 16.6. The number of likely N-dealkylation sites (tertiary alicyclic amines) is 1. The zero-order valence-electron chi connectivity index (χ0n) is 14.3. The van der Waals surface area contributed by atoms with Crippen molar-refractivity contribution in [3.63, 3.8) is 0 Å². The molecule has 134 valence electrons. The smallest absolute Gasteiger partial charge is 0.417 e. The summed E-state index contributed by atoms with van der Waals surface area (Å²) < 4.78 is 10.1. The summed E-state index contributed by atoms with van der Waals surface area (Å²) in [6.07, 6.45) is 1.52. The van der Waals surface area contributed by atoms with Crippen molar-refractivity contribution in [2.24, 2.45) is 5.92 Å². The second-order valence-corrected chi connectivity index (χ2v) is 6.37. The predicted octanol–water partition coefficient (Wildman–Crippen LogP) is 1.73. The van der Waals surface area contributed by atoms with Crippen LogP contribution in [0.15, 0.2) is 12.2 Å². The molecule has 8 nitrogen and oxygen atoms in total. The van der Waals surface area contributed by atoms with Gasteiger partial charge in [0.2, 0.25) is 5.91 Å². The van der Waals surface area contributed by atoms with Gasteiger partial charge in [-0.15, -0.1) is 0 Å². The molecule has 2 amide bonds. The number of ether oxygens (including phenoxy) is 2. The number of allylic oxidation sites excluding steroid dienone is 1. The van der Waals surface area contributed by atoms with Gasteiger partial charge in [-0.05, 0) is 40.5 Å². The second kappa shape index (κ2) is 7.94. The number of carboxylic acid groups (broad SMARTS) is 1. The molecule has 1 aliphatic rings. The van der Waals surface area contributed by atoms with Gasteiger partial charge in [-0.1, -0.05) is 6.08 Å². The van der Waals surface area contributed by atoms with E-state index in [1.807, 2.05) is 0 Å². The Morgan fingerprint density at radius 3 is 2.46 bits per heavy atom. The van der Waals surface area contributed by atoms with Gasteiger partial charge in [-0.25, -0.2) is 19.3 Å². The number of imide groups is 1. The summed E-state index contributed by atoms with van der Waals surface area (Å²) in [5, 5.41) is 8.60. The first-order valence-electron chi connectivity index (χ1n) is 7.69. The van der Waals surface area contributed by atoms with Crippen LogP contribution in [0, 0.1) is 5.92 Å². The van der Waals surface area contributed by atoms with E-state index in [0.717, 1.165) is 11.0 Å². The maximum absolute atomic E-state index is 12.5. The highest BCUT2D eigenvalue weighted by Gasteiger charge is 2.48. The Balaban J connectivity index is 2.97. The van der Waals surface area contributed by atoms with E-state index < -0.39 is 41.5 Å². The van der Waals surface area contributed by atoms with Crippen LogP contribution in [0.2, 0.25) is 0 Å². The first kappa shape index (κ1) is 19.7.